The Labute approximate surface area is 214 Å². The lowest BCUT2D eigenvalue weighted by Gasteiger charge is -2.28. The highest BCUT2D eigenvalue weighted by atomic mass is 32.1. The van der Waals surface area contributed by atoms with Gasteiger partial charge >= 0.3 is 0 Å². The van der Waals surface area contributed by atoms with Crippen molar-refractivity contribution in [2.75, 3.05) is 10.2 Å². The van der Waals surface area contributed by atoms with E-state index < -0.39 is 0 Å². The molecule has 1 fully saturated rings. The van der Waals surface area contributed by atoms with E-state index in [0.29, 0.717) is 16.5 Å². The second kappa shape index (κ2) is 9.54. The van der Waals surface area contributed by atoms with Crippen LogP contribution in [-0.2, 0) is 4.79 Å². The van der Waals surface area contributed by atoms with Crippen LogP contribution in [0, 0.1) is 19.7 Å². The van der Waals surface area contributed by atoms with Gasteiger partial charge in [0, 0.05) is 35.9 Å². The third kappa shape index (κ3) is 4.24. The first-order valence-corrected chi connectivity index (χ1v) is 12.1. The van der Waals surface area contributed by atoms with Gasteiger partial charge in [0.05, 0.1) is 23.5 Å². The molecule has 2 N–H and O–H groups in total. The third-order valence-electron chi connectivity index (χ3n) is 6.45. The number of para-hydroxylation sites is 1. The summed E-state index contributed by atoms with van der Waals surface area (Å²) >= 11 is 5.83. The maximum Gasteiger partial charge on any atom is 0.221 e. The van der Waals surface area contributed by atoms with Crippen molar-refractivity contribution in [2.24, 2.45) is 0 Å². The van der Waals surface area contributed by atoms with E-state index >= 15 is 0 Å². The number of pyridine rings is 1. The molecule has 6 nitrogen and oxygen atoms in total. The third-order valence-corrected chi connectivity index (χ3v) is 6.76. The molecule has 0 aliphatic carbocycles. The average molecular weight is 500 g/mol. The molecule has 5 rings (SSSR count). The summed E-state index contributed by atoms with van der Waals surface area (Å²) in [5, 5.41) is 6.83. The van der Waals surface area contributed by atoms with Gasteiger partial charge in [0.1, 0.15) is 5.82 Å². The zero-order valence-electron chi connectivity index (χ0n) is 20.2. The highest BCUT2D eigenvalue weighted by Gasteiger charge is 2.42. The molecule has 0 spiro atoms. The van der Waals surface area contributed by atoms with Crippen molar-refractivity contribution >= 4 is 34.6 Å². The van der Waals surface area contributed by atoms with Gasteiger partial charge in [0.2, 0.25) is 5.91 Å². The van der Waals surface area contributed by atoms with E-state index in [0.717, 1.165) is 28.3 Å². The maximum atomic E-state index is 14.8. The molecule has 8 heteroatoms. The van der Waals surface area contributed by atoms with E-state index in [2.05, 4.69) is 26.6 Å². The number of carbonyl (C=O) groups is 1. The summed E-state index contributed by atoms with van der Waals surface area (Å²) in [6, 6.07) is 21.8. The van der Waals surface area contributed by atoms with E-state index in [-0.39, 0.29) is 23.8 Å². The van der Waals surface area contributed by atoms with E-state index in [1.807, 2.05) is 66.9 Å². The number of amides is 1. The highest BCUT2D eigenvalue weighted by molar-refractivity contribution is 7.80. The number of halogens is 1. The lowest BCUT2D eigenvalue weighted by atomic mass is 9.96. The average Bonchev–Trinajstić information content (AvgIpc) is 3.35. The van der Waals surface area contributed by atoms with Crippen LogP contribution in [0.5, 0.6) is 0 Å². The van der Waals surface area contributed by atoms with Crippen molar-refractivity contribution in [1.29, 1.82) is 0 Å². The minimum Gasteiger partial charge on any atom is -0.351 e. The summed E-state index contributed by atoms with van der Waals surface area (Å²) in [5.74, 6) is -0.410. The fourth-order valence-electron chi connectivity index (χ4n) is 4.95. The second-order valence-corrected chi connectivity index (χ2v) is 9.22. The molecule has 1 aliphatic heterocycles. The van der Waals surface area contributed by atoms with E-state index in [1.54, 1.807) is 18.3 Å². The number of nitrogens with zero attached hydrogens (tertiary/aromatic N) is 3. The number of nitrogens with one attached hydrogen (secondary N) is 2. The van der Waals surface area contributed by atoms with E-state index in [1.165, 1.54) is 13.0 Å². The first-order chi connectivity index (χ1) is 17.3. The summed E-state index contributed by atoms with van der Waals surface area (Å²) in [6.07, 6.45) is 1.77. The van der Waals surface area contributed by atoms with Crippen LogP contribution in [0.1, 0.15) is 41.7 Å². The predicted octanol–water partition coefficient (Wildman–Crippen LogP) is 5.76. The largest absolute Gasteiger partial charge is 0.351 e. The minimum absolute atomic E-state index is 0.130. The van der Waals surface area contributed by atoms with Crippen LogP contribution in [0.15, 0.2) is 79.0 Å². The van der Waals surface area contributed by atoms with Crippen molar-refractivity contribution in [2.45, 2.75) is 32.9 Å². The summed E-state index contributed by atoms with van der Waals surface area (Å²) < 4.78 is 16.7. The molecular formula is C28H26FN5OS. The van der Waals surface area contributed by atoms with Gasteiger partial charge in [0.25, 0.3) is 0 Å². The van der Waals surface area contributed by atoms with Gasteiger partial charge in [-0.1, -0.05) is 18.2 Å². The zero-order valence-corrected chi connectivity index (χ0v) is 21.0. The number of hydrogen-bond donors (Lipinski definition) is 2. The molecular weight excluding hydrogens is 473 g/mol. The summed E-state index contributed by atoms with van der Waals surface area (Å²) in [6.45, 7) is 5.46. The number of aryl methyl sites for hydroxylation is 1. The van der Waals surface area contributed by atoms with Crippen LogP contribution in [0.2, 0.25) is 0 Å². The molecule has 1 saturated heterocycles. The Balaban J connectivity index is 1.64. The Bertz CT molecular complexity index is 1430. The number of carbonyl (C=O) groups excluding carboxylic acids is 1. The monoisotopic (exact) mass is 499 g/mol. The number of rotatable bonds is 5. The Hall–Kier alpha value is -4.04. The maximum absolute atomic E-state index is 14.8. The molecule has 1 aliphatic rings. The summed E-state index contributed by atoms with van der Waals surface area (Å²) in [7, 11) is 0. The second-order valence-electron chi connectivity index (χ2n) is 8.84. The van der Waals surface area contributed by atoms with E-state index in [9.17, 15) is 9.18 Å². The van der Waals surface area contributed by atoms with Crippen molar-refractivity contribution in [3.05, 3.63) is 107 Å². The molecule has 36 heavy (non-hydrogen) atoms. The standard InChI is InChI=1S/C28H26FN5OS/c1-17-16-22(18(2)33(17)25-10-5-4-8-23(25)29)27-26(24-9-6-7-15-30-24)32-28(36)34(27)21-13-11-20(12-14-21)31-19(3)35/h4-16,26-27H,1-3H3,(H,31,35)(H,32,36). The van der Waals surface area contributed by atoms with Crippen LogP contribution < -0.4 is 15.5 Å². The van der Waals surface area contributed by atoms with Crippen LogP contribution in [0.25, 0.3) is 5.69 Å². The normalized spacial score (nSPS) is 17.2. The SMILES string of the molecule is CC(=O)Nc1ccc(N2C(=S)NC(c3ccccn3)C2c2cc(C)n(-c3ccccc3F)c2C)cc1. The fourth-order valence-corrected chi connectivity index (χ4v) is 5.29. The minimum atomic E-state index is -0.280. The zero-order chi connectivity index (χ0) is 25.4. The van der Waals surface area contributed by atoms with Crippen molar-refractivity contribution < 1.29 is 9.18 Å². The number of hydrogen-bond acceptors (Lipinski definition) is 3. The highest BCUT2D eigenvalue weighted by Crippen LogP contribution is 2.44. The number of aromatic nitrogens is 2. The summed E-state index contributed by atoms with van der Waals surface area (Å²) in [4.78, 5) is 18.2. The molecule has 182 valence electrons. The van der Waals surface area contributed by atoms with Crippen molar-refractivity contribution in [3.63, 3.8) is 0 Å². The van der Waals surface area contributed by atoms with E-state index in [4.69, 9.17) is 12.2 Å². The lowest BCUT2D eigenvalue weighted by Crippen LogP contribution is -2.29. The smallest absolute Gasteiger partial charge is 0.221 e. The Morgan fingerprint density at radius 3 is 2.44 bits per heavy atom. The van der Waals surface area contributed by atoms with Gasteiger partial charge in [-0.15, -0.1) is 0 Å². The quantitative estimate of drug-likeness (QED) is 0.342. The van der Waals surface area contributed by atoms with Crippen LogP contribution >= 0.6 is 12.2 Å². The fraction of sp³-hybridized carbons (Fsp3) is 0.179. The number of anilines is 2. The Morgan fingerprint density at radius 1 is 1.06 bits per heavy atom. The van der Waals surface area contributed by atoms with Gasteiger partial charge in [-0.25, -0.2) is 4.39 Å². The summed E-state index contributed by atoms with van der Waals surface area (Å²) in [5.41, 5.74) is 5.82. The van der Waals surface area contributed by atoms with Crippen molar-refractivity contribution in [1.82, 2.24) is 14.9 Å². The van der Waals surface area contributed by atoms with Gasteiger partial charge in [-0.05, 0) is 86.2 Å². The Morgan fingerprint density at radius 2 is 1.78 bits per heavy atom. The lowest BCUT2D eigenvalue weighted by molar-refractivity contribution is -0.114. The van der Waals surface area contributed by atoms with Crippen LogP contribution in [0.4, 0.5) is 15.8 Å². The molecule has 2 aromatic heterocycles. The number of thiocarbonyl (C=S) groups is 1. The van der Waals surface area contributed by atoms with Gasteiger partial charge in [0.15, 0.2) is 5.11 Å². The molecule has 2 unspecified atom stereocenters. The molecule has 0 radical (unpaired) electrons. The molecule has 2 aromatic carbocycles. The first-order valence-electron chi connectivity index (χ1n) is 11.7. The molecule has 3 heterocycles. The molecule has 0 bridgehead atoms. The van der Waals surface area contributed by atoms with Gasteiger partial charge in [-0.3, -0.25) is 9.78 Å². The first kappa shape index (κ1) is 23.7. The molecule has 1 amide bonds. The van der Waals surface area contributed by atoms with Gasteiger partial charge in [-0.2, -0.15) is 0 Å². The van der Waals surface area contributed by atoms with Crippen LogP contribution in [0.3, 0.4) is 0 Å². The van der Waals surface area contributed by atoms with Gasteiger partial charge < -0.3 is 20.1 Å². The molecule has 2 atom stereocenters. The molecule has 0 saturated carbocycles. The van der Waals surface area contributed by atoms with Crippen molar-refractivity contribution in [3.8, 4) is 5.69 Å². The topological polar surface area (TPSA) is 62.2 Å². The molecule has 4 aromatic rings. The van der Waals surface area contributed by atoms with Crippen LogP contribution in [-0.4, -0.2) is 20.6 Å². The predicted molar refractivity (Wildman–Crippen MR) is 144 cm³/mol. The number of benzene rings is 2. The Kier molecular flexibility index (Phi) is 6.28.